The van der Waals surface area contributed by atoms with Gasteiger partial charge in [-0.15, -0.1) is 0 Å². The smallest absolute Gasteiger partial charge is 0.223 e. The van der Waals surface area contributed by atoms with E-state index in [-0.39, 0.29) is 24.1 Å². The van der Waals surface area contributed by atoms with E-state index in [9.17, 15) is 9.18 Å². The van der Waals surface area contributed by atoms with Gasteiger partial charge in [-0.25, -0.2) is 9.37 Å². The highest BCUT2D eigenvalue weighted by Gasteiger charge is 2.27. The second-order valence-corrected chi connectivity index (χ2v) is 7.29. The van der Waals surface area contributed by atoms with Crippen LogP contribution in [0.15, 0.2) is 48.8 Å². The average Bonchev–Trinajstić information content (AvgIpc) is 3.13. The van der Waals surface area contributed by atoms with Crippen molar-refractivity contribution in [2.75, 3.05) is 13.1 Å². The summed E-state index contributed by atoms with van der Waals surface area (Å²) < 4.78 is 16.6. The minimum Gasteiger partial charge on any atom is -0.343 e. The second kappa shape index (κ2) is 7.51. The van der Waals surface area contributed by atoms with E-state index in [0.717, 1.165) is 42.8 Å². The molecule has 140 valence electrons. The first-order valence-corrected chi connectivity index (χ1v) is 9.60. The Hall–Kier alpha value is -2.69. The number of carbonyl (C=O) groups excluding carboxylic acids is 1. The molecule has 1 unspecified atom stereocenters. The number of aromatic nitrogens is 2. The van der Waals surface area contributed by atoms with Gasteiger partial charge in [0.2, 0.25) is 5.91 Å². The summed E-state index contributed by atoms with van der Waals surface area (Å²) in [7, 11) is 0. The normalized spacial score (nSPS) is 15.9. The lowest BCUT2D eigenvalue weighted by Gasteiger charge is -2.28. The van der Waals surface area contributed by atoms with E-state index in [1.54, 1.807) is 18.3 Å². The maximum atomic E-state index is 14.6. The third-order valence-electron chi connectivity index (χ3n) is 5.48. The first kappa shape index (κ1) is 17.7. The zero-order valence-electron chi connectivity index (χ0n) is 15.6. The number of fused-ring (bicyclic) bond motifs is 1. The highest BCUT2D eigenvalue weighted by atomic mass is 19.1. The highest BCUT2D eigenvalue weighted by Crippen LogP contribution is 2.32. The predicted molar refractivity (Wildman–Crippen MR) is 103 cm³/mol. The van der Waals surface area contributed by atoms with E-state index in [0.29, 0.717) is 5.56 Å². The maximum absolute atomic E-state index is 14.6. The van der Waals surface area contributed by atoms with Crippen molar-refractivity contribution in [3.8, 4) is 0 Å². The molecule has 2 aromatic heterocycles. The van der Waals surface area contributed by atoms with Gasteiger partial charge in [0.05, 0.1) is 5.69 Å². The zero-order valence-corrected chi connectivity index (χ0v) is 15.6. The van der Waals surface area contributed by atoms with Crippen LogP contribution in [0.1, 0.15) is 48.4 Å². The highest BCUT2D eigenvalue weighted by molar-refractivity contribution is 5.78. The first-order chi connectivity index (χ1) is 13.1. The number of aryl methyl sites for hydroxylation is 1. The SMILES string of the molecule is Cc1cccn2c(C(CC(=O)N3CCCCC3)c3ccccc3F)cnc12. The molecule has 1 fully saturated rings. The number of carbonyl (C=O) groups is 1. The minimum absolute atomic E-state index is 0.0885. The molecule has 3 heterocycles. The number of rotatable bonds is 4. The molecule has 4 nitrogen and oxygen atoms in total. The Balaban J connectivity index is 1.75. The number of nitrogens with zero attached hydrogens (tertiary/aromatic N) is 3. The number of imidazole rings is 1. The fourth-order valence-electron chi connectivity index (χ4n) is 4.01. The van der Waals surface area contributed by atoms with Gasteiger partial charge in [0.15, 0.2) is 0 Å². The number of hydrogen-bond acceptors (Lipinski definition) is 2. The van der Waals surface area contributed by atoms with Gasteiger partial charge in [-0.1, -0.05) is 24.3 Å². The molecule has 0 N–H and O–H groups in total. The standard InChI is InChI=1S/C22H24FN3O/c1-16-8-7-13-26-20(15-24-22(16)26)18(17-9-3-4-10-19(17)23)14-21(27)25-11-5-2-6-12-25/h3-4,7-10,13,15,18H,2,5-6,11-12,14H2,1H3. The van der Waals surface area contributed by atoms with Crippen molar-refractivity contribution in [3.05, 3.63) is 71.4 Å². The molecule has 1 aliphatic heterocycles. The number of likely N-dealkylation sites (tertiary alicyclic amines) is 1. The van der Waals surface area contributed by atoms with Crippen LogP contribution in [-0.2, 0) is 4.79 Å². The molecule has 0 spiro atoms. The van der Waals surface area contributed by atoms with Gasteiger partial charge in [-0.2, -0.15) is 0 Å². The van der Waals surface area contributed by atoms with Crippen molar-refractivity contribution in [1.82, 2.24) is 14.3 Å². The number of piperidine rings is 1. The first-order valence-electron chi connectivity index (χ1n) is 9.60. The van der Waals surface area contributed by atoms with Crippen LogP contribution >= 0.6 is 0 Å². The summed E-state index contributed by atoms with van der Waals surface area (Å²) in [5, 5.41) is 0. The lowest BCUT2D eigenvalue weighted by atomic mass is 9.91. The van der Waals surface area contributed by atoms with Crippen LogP contribution in [0.4, 0.5) is 4.39 Å². The maximum Gasteiger partial charge on any atom is 0.223 e. The van der Waals surface area contributed by atoms with Gasteiger partial charge >= 0.3 is 0 Å². The van der Waals surface area contributed by atoms with Gasteiger partial charge in [0.1, 0.15) is 11.5 Å². The van der Waals surface area contributed by atoms with Crippen molar-refractivity contribution in [2.24, 2.45) is 0 Å². The molecule has 4 rings (SSSR count). The van der Waals surface area contributed by atoms with E-state index >= 15 is 0 Å². The molecule has 1 saturated heterocycles. The van der Waals surface area contributed by atoms with Crippen molar-refractivity contribution in [3.63, 3.8) is 0 Å². The molecule has 0 saturated carbocycles. The fourth-order valence-corrected chi connectivity index (χ4v) is 4.01. The summed E-state index contributed by atoms with van der Waals surface area (Å²) in [4.78, 5) is 19.4. The summed E-state index contributed by atoms with van der Waals surface area (Å²) in [6, 6.07) is 10.7. The second-order valence-electron chi connectivity index (χ2n) is 7.29. The molecular formula is C22H24FN3O. The fraction of sp³-hybridized carbons (Fsp3) is 0.364. The van der Waals surface area contributed by atoms with Crippen LogP contribution in [-0.4, -0.2) is 33.3 Å². The number of pyridine rings is 1. The summed E-state index contributed by atoms with van der Waals surface area (Å²) >= 11 is 0. The summed E-state index contributed by atoms with van der Waals surface area (Å²) in [5.74, 6) is -0.556. The Kier molecular flexibility index (Phi) is 4.92. The zero-order chi connectivity index (χ0) is 18.8. The minimum atomic E-state index is -0.363. The van der Waals surface area contributed by atoms with Gasteiger partial charge in [-0.3, -0.25) is 4.79 Å². The monoisotopic (exact) mass is 365 g/mol. The molecule has 0 radical (unpaired) electrons. The van der Waals surface area contributed by atoms with Crippen molar-refractivity contribution in [1.29, 1.82) is 0 Å². The molecule has 0 aliphatic carbocycles. The van der Waals surface area contributed by atoms with Crippen molar-refractivity contribution in [2.45, 2.75) is 38.5 Å². The number of hydrogen-bond donors (Lipinski definition) is 0. The van der Waals surface area contributed by atoms with Gasteiger partial charge < -0.3 is 9.30 Å². The van der Waals surface area contributed by atoms with E-state index in [1.807, 2.05) is 40.6 Å². The molecule has 0 bridgehead atoms. The molecule has 1 atom stereocenters. The lowest BCUT2D eigenvalue weighted by molar-refractivity contribution is -0.132. The van der Waals surface area contributed by atoms with Gasteiger partial charge in [-0.05, 0) is 49.4 Å². The topological polar surface area (TPSA) is 37.6 Å². The quantitative estimate of drug-likeness (QED) is 0.691. The molecule has 27 heavy (non-hydrogen) atoms. The summed E-state index contributed by atoms with van der Waals surface area (Å²) in [6.07, 6.45) is 7.23. The van der Waals surface area contributed by atoms with E-state index < -0.39 is 0 Å². The van der Waals surface area contributed by atoms with Crippen LogP contribution in [0.5, 0.6) is 0 Å². The third kappa shape index (κ3) is 3.46. The third-order valence-corrected chi connectivity index (χ3v) is 5.48. The Morgan fingerprint density at radius 3 is 2.70 bits per heavy atom. The Morgan fingerprint density at radius 1 is 1.15 bits per heavy atom. The van der Waals surface area contributed by atoms with Crippen LogP contribution in [0.2, 0.25) is 0 Å². The van der Waals surface area contributed by atoms with Crippen LogP contribution in [0.25, 0.3) is 5.65 Å². The van der Waals surface area contributed by atoms with E-state index in [1.165, 1.54) is 12.5 Å². The Bertz CT molecular complexity index is 959. The van der Waals surface area contributed by atoms with Crippen molar-refractivity contribution < 1.29 is 9.18 Å². The molecule has 1 aliphatic rings. The lowest BCUT2D eigenvalue weighted by Crippen LogP contribution is -2.36. The molecule has 1 amide bonds. The number of benzene rings is 1. The van der Waals surface area contributed by atoms with Gasteiger partial charge in [0.25, 0.3) is 0 Å². The van der Waals surface area contributed by atoms with Crippen molar-refractivity contribution >= 4 is 11.6 Å². The predicted octanol–water partition coefficient (Wildman–Crippen LogP) is 4.32. The van der Waals surface area contributed by atoms with Crippen LogP contribution in [0.3, 0.4) is 0 Å². The molecular weight excluding hydrogens is 341 g/mol. The largest absolute Gasteiger partial charge is 0.343 e. The summed E-state index contributed by atoms with van der Waals surface area (Å²) in [6.45, 7) is 3.60. The summed E-state index contributed by atoms with van der Waals surface area (Å²) in [5.41, 5.74) is 3.30. The van der Waals surface area contributed by atoms with Gasteiger partial charge in [0, 0.05) is 37.8 Å². The van der Waals surface area contributed by atoms with E-state index in [4.69, 9.17) is 0 Å². The molecule has 3 aromatic rings. The number of amides is 1. The average molecular weight is 365 g/mol. The Labute approximate surface area is 158 Å². The Morgan fingerprint density at radius 2 is 1.93 bits per heavy atom. The van der Waals surface area contributed by atoms with Crippen LogP contribution < -0.4 is 0 Å². The van der Waals surface area contributed by atoms with Crippen LogP contribution in [0, 0.1) is 12.7 Å². The number of halogens is 1. The molecule has 5 heteroatoms. The van der Waals surface area contributed by atoms with E-state index in [2.05, 4.69) is 4.98 Å². The molecule has 1 aromatic carbocycles.